The minimum atomic E-state index is -0.398. The Morgan fingerprint density at radius 2 is 0.969 bits per heavy atom. The molecule has 0 aromatic carbocycles. The number of carbonyl (C=O) groups is 2. The standard InChI is InChI=1S/C21H40O2.C7H12O2/c1-3-5-6-7-8-9-10-11-12-13-14-15-16-17-18-19-20-23-21(22)4-2;1-5-6(8)9-7(2,3)4/h4H,2-3,5-20H2,1H3;5H,1H2,2-4H3. The highest BCUT2D eigenvalue weighted by Crippen LogP contribution is 2.13. The summed E-state index contributed by atoms with van der Waals surface area (Å²) in [6.45, 7) is 14.9. The van der Waals surface area contributed by atoms with Crippen LogP contribution in [-0.2, 0) is 19.1 Å². The van der Waals surface area contributed by atoms with E-state index in [1.54, 1.807) is 0 Å². The number of hydrogen-bond donors (Lipinski definition) is 0. The molecule has 0 heterocycles. The van der Waals surface area contributed by atoms with Gasteiger partial charge in [-0.15, -0.1) is 0 Å². The molecule has 0 unspecified atom stereocenters. The molecular weight excluding hydrogens is 400 g/mol. The van der Waals surface area contributed by atoms with Crippen LogP contribution in [0.4, 0.5) is 0 Å². The molecule has 0 rings (SSSR count). The molecule has 0 aliphatic heterocycles. The molecule has 0 aromatic heterocycles. The average Bonchev–Trinajstić information content (AvgIpc) is 2.74. The number of esters is 2. The Balaban J connectivity index is 0. The summed E-state index contributed by atoms with van der Waals surface area (Å²) in [4.78, 5) is 21.3. The Hall–Kier alpha value is -1.58. The highest BCUT2D eigenvalue weighted by atomic mass is 16.6. The van der Waals surface area contributed by atoms with Gasteiger partial charge in [-0.05, 0) is 27.2 Å². The molecule has 0 aliphatic rings. The number of unbranched alkanes of at least 4 members (excludes halogenated alkanes) is 15. The molecule has 0 fully saturated rings. The van der Waals surface area contributed by atoms with E-state index in [-0.39, 0.29) is 11.9 Å². The van der Waals surface area contributed by atoms with E-state index in [1.165, 1.54) is 102 Å². The quantitative estimate of drug-likeness (QED) is 0.112. The molecule has 4 nitrogen and oxygen atoms in total. The molecule has 32 heavy (non-hydrogen) atoms. The monoisotopic (exact) mass is 452 g/mol. The molecule has 4 heteroatoms. The summed E-state index contributed by atoms with van der Waals surface area (Å²) in [5.74, 6) is -0.673. The third-order valence-electron chi connectivity index (χ3n) is 4.98. The molecule has 0 bridgehead atoms. The third-order valence-corrected chi connectivity index (χ3v) is 4.98. The number of carbonyl (C=O) groups excluding carboxylic acids is 2. The fourth-order valence-electron chi connectivity index (χ4n) is 3.23. The summed E-state index contributed by atoms with van der Waals surface area (Å²) in [7, 11) is 0. The van der Waals surface area contributed by atoms with Crippen molar-refractivity contribution in [1.82, 2.24) is 0 Å². The zero-order valence-electron chi connectivity index (χ0n) is 21.7. The van der Waals surface area contributed by atoms with Gasteiger partial charge >= 0.3 is 11.9 Å². The van der Waals surface area contributed by atoms with Gasteiger partial charge in [0.15, 0.2) is 0 Å². The Morgan fingerprint density at radius 1 is 0.625 bits per heavy atom. The minimum absolute atomic E-state index is 0.300. The van der Waals surface area contributed by atoms with Crippen molar-refractivity contribution < 1.29 is 19.1 Å². The summed E-state index contributed by atoms with van der Waals surface area (Å²) in [6, 6.07) is 0. The molecule has 0 aromatic rings. The Morgan fingerprint density at radius 3 is 1.25 bits per heavy atom. The van der Waals surface area contributed by atoms with Crippen LogP contribution in [0.5, 0.6) is 0 Å². The van der Waals surface area contributed by atoms with Gasteiger partial charge in [-0.1, -0.05) is 116 Å². The summed E-state index contributed by atoms with van der Waals surface area (Å²) in [5.41, 5.74) is -0.398. The summed E-state index contributed by atoms with van der Waals surface area (Å²) >= 11 is 0. The van der Waals surface area contributed by atoms with Crippen molar-refractivity contribution in [3.8, 4) is 0 Å². The number of ether oxygens (including phenoxy) is 2. The maximum Gasteiger partial charge on any atom is 0.330 e. The van der Waals surface area contributed by atoms with Gasteiger partial charge in [-0.25, -0.2) is 9.59 Å². The summed E-state index contributed by atoms with van der Waals surface area (Å²) in [6.07, 6.45) is 24.1. The molecule has 0 atom stereocenters. The van der Waals surface area contributed by atoms with E-state index in [0.29, 0.717) is 6.61 Å². The molecule has 0 aliphatic carbocycles. The van der Waals surface area contributed by atoms with Gasteiger partial charge in [-0.2, -0.15) is 0 Å². The van der Waals surface area contributed by atoms with Gasteiger partial charge in [0.25, 0.3) is 0 Å². The van der Waals surface area contributed by atoms with Crippen LogP contribution in [0.3, 0.4) is 0 Å². The second kappa shape index (κ2) is 24.1. The van der Waals surface area contributed by atoms with E-state index in [9.17, 15) is 9.59 Å². The van der Waals surface area contributed by atoms with Crippen LogP contribution >= 0.6 is 0 Å². The highest BCUT2D eigenvalue weighted by molar-refractivity contribution is 5.81. The van der Waals surface area contributed by atoms with Crippen LogP contribution in [0, 0.1) is 0 Å². The lowest BCUT2D eigenvalue weighted by atomic mass is 10.0. The average molecular weight is 453 g/mol. The molecule has 0 N–H and O–H groups in total. The van der Waals surface area contributed by atoms with Gasteiger partial charge < -0.3 is 9.47 Å². The zero-order chi connectivity index (χ0) is 24.5. The van der Waals surface area contributed by atoms with Crippen LogP contribution in [-0.4, -0.2) is 24.1 Å². The van der Waals surface area contributed by atoms with Crippen LogP contribution < -0.4 is 0 Å². The molecule has 0 saturated heterocycles. The van der Waals surface area contributed by atoms with E-state index >= 15 is 0 Å². The number of hydrogen-bond acceptors (Lipinski definition) is 4. The predicted molar refractivity (Wildman–Crippen MR) is 137 cm³/mol. The topological polar surface area (TPSA) is 52.6 Å². The van der Waals surface area contributed by atoms with Crippen LogP contribution in [0.2, 0.25) is 0 Å². The maximum absolute atomic E-state index is 10.8. The van der Waals surface area contributed by atoms with E-state index in [4.69, 9.17) is 9.47 Å². The van der Waals surface area contributed by atoms with E-state index in [2.05, 4.69) is 20.1 Å². The first-order valence-corrected chi connectivity index (χ1v) is 12.9. The molecule has 0 amide bonds. The lowest BCUT2D eigenvalue weighted by Gasteiger charge is -2.17. The van der Waals surface area contributed by atoms with Crippen molar-refractivity contribution >= 4 is 11.9 Å². The van der Waals surface area contributed by atoms with Gasteiger partial charge in [0.05, 0.1) is 6.61 Å². The SMILES string of the molecule is C=CC(=O)OC(C)(C)C.C=CC(=O)OCCCCCCCCCCCCCCCCCC. The van der Waals surface area contributed by atoms with Crippen LogP contribution in [0.15, 0.2) is 25.3 Å². The van der Waals surface area contributed by atoms with E-state index in [0.717, 1.165) is 12.5 Å². The second-order valence-electron chi connectivity index (χ2n) is 9.41. The van der Waals surface area contributed by atoms with Crippen molar-refractivity contribution in [2.24, 2.45) is 0 Å². The molecular formula is C28H52O4. The smallest absolute Gasteiger partial charge is 0.330 e. The van der Waals surface area contributed by atoms with Gasteiger partial charge in [0, 0.05) is 12.2 Å². The first-order chi connectivity index (χ1) is 15.3. The van der Waals surface area contributed by atoms with Crippen molar-refractivity contribution in [2.75, 3.05) is 6.61 Å². The molecule has 0 saturated carbocycles. The van der Waals surface area contributed by atoms with E-state index < -0.39 is 5.60 Å². The Kier molecular flexibility index (Phi) is 24.5. The number of rotatable bonds is 19. The van der Waals surface area contributed by atoms with Crippen molar-refractivity contribution in [1.29, 1.82) is 0 Å². The molecule has 0 spiro atoms. The highest BCUT2D eigenvalue weighted by Gasteiger charge is 2.12. The largest absolute Gasteiger partial charge is 0.463 e. The first kappa shape index (κ1) is 32.6. The zero-order valence-corrected chi connectivity index (χ0v) is 21.7. The lowest BCUT2D eigenvalue weighted by molar-refractivity contribution is -0.148. The van der Waals surface area contributed by atoms with Crippen molar-refractivity contribution in [3.63, 3.8) is 0 Å². The van der Waals surface area contributed by atoms with Gasteiger partial charge in [0.2, 0.25) is 0 Å². The second-order valence-corrected chi connectivity index (χ2v) is 9.41. The van der Waals surface area contributed by atoms with E-state index in [1.807, 2.05) is 20.8 Å². The normalized spacial score (nSPS) is 10.6. The fourth-order valence-corrected chi connectivity index (χ4v) is 3.23. The Bertz CT molecular complexity index is 463. The lowest BCUT2D eigenvalue weighted by Crippen LogP contribution is -2.22. The molecule has 0 radical (unpaired) electrons. The summed E-state index contributed by atoms with van der Waals surface area (Å²) < 4.78 is 9.78. The van der Waals surface area contributed by atoms with Crippen LogP contribution in [0.25, 0.3) is 0 Å². The summed E-state index contributed by atoms with van der Waals surface area (Å²) in [5, 5.41) is 0. The van der Waals surface area contributed by atoms with Gasteiger partial charge in [-0.3, -0.25) is 0 Å². The molecule has 188 valence electrons. The van der Waals surface area contributed by atoms with Gasteiger partial charge in [0.1, 0.15) is 5.60 Å². The van der Waals surface area contributed by atoms with Crippen molar-refractivity contribution in [2.45, 2.75) is 136 Å². The predicted octanol–water partition coefficient (Wildman–Crippen LogP) is 8.49. The Labute approximate surface area is 199 Å². The third kappa shape index (κ3) is 30.6. The minimum Gasteiger partial charge on any atom is -0.463 e. The van der Waals surface area contributed by atoms with Crippen molar-refractivity contribution in [3.05, 3.63) is 25.3 Å². The first-order valence-electron chi connectivity index (χ1n) is 12.9. The maximum atomic E-state index is 10.8. The fraction of sp³-hybridized carbons (Fsp3) is 0.786. The van der Waals surface area contributed by atoms with Crippen LogP contribution in [0.1, 0.15) is 130 Å².